The summed E-state index contributed by atoms with van der Waals surface area (Å²) in [4.78, 5) is 15.5. The average Bonchev–Trinajstić information content (AvgIpc) is 3.10. The third kappa shape index (κ3) is 1.71. The lowest BCUT2D eigenvalue weighted by molar-refractivity contribution is -0.150. The molecule has 0 aromatic heterocycles. The maximum Gasteiger partial charge on any atom is 0.229 e. The Labute approximate surface area is 121 Å². The number of nitrogens with zero attached hydrogens (tertiary/aromatic N) is 1. The molecular weight excluding hydrogens is 250 g/mol. The second-order valence-corrected chi connectivity index (χ2v) is 8.12. The smallest absolute Gasteiger partial charge is 0.229 e. The van der Waals surface area contributed by atoms with E-state index in [4.69, 9.17) is 0 Å². The number of fused-ring (bicyclic) bond motifs is 4. The Morgan fingerprint density at radius 2 is 1.85 bits per heavy atom. The average molecular weight is 277 g/mol. The summed E-state index contributed by atoms with van der Waals surface area (Å²) in [5.74, 6) is 2.37. The first kappa shape index (κ1) is 13.1. The van der Waals surface area contributed by atoms with Gasteiger partial charge in [-0.3, -0.25) is 4.79 Å². The number of rotatable bonds is 2. The zero-order valence-electron chi connectivity index (χ0n) is 12.6. The van der Waals surface area contributed by atoms with E-state index in [2.05, 4.69) is 11.8 Å². The first-order valence-electron chi connectivity index (χ1n) is 8.55. The van der Waals surface area contributed by atoms with E-state index < -0.39 is 0 Å². The van der Waals surface area contributed by atoms with Crippen LogP contribution >= 0.6 is 0 Å². The maximum atomic E-state index is 13.2. The summed E-state index contributed by atoms with van der Waals surface area (Å²) in [6.07, 6.45) is 9.45. The SMILES string of the molecule is CC1(C(=O)N2C3CCC2CC(CO)C3)CC2CCC1C2. The highest BCUT2D eigenvalue weighted by Crippen LogP contribution is 2.57. The molecule has 3 nitrogen and oxygen atoms in total. The zero-order chi connectivity index (χ0) is 13.9. The van der Waals surface area contributed by atoms with E-state index in [1.54, 1.807) is 0 Å². The van der Waals surface area contributed by atoms with E-state index in [1.807, 2.05) is 0 Å². The fourth-order valence-corrected chi connectivity index (χ4v) is 5.93. The van der Waals surface area contributed by atoms with Crippen molar-refractivity contribution in [1.82, 2.24) is 4.90 Å². The third-order valence-corrected chi connectivity index (χ3v) is 6.97. The largest absolute Gasteiger partial charge is 0.396 e. The first-order valence-corrected chi connectivity index (χ1v) is 8.55. The van der Waals surface area contributed by atoms with E-state index in [1.165, 1.54) is 19.3 Å². The molecule has 2 aliphatic carbocycles. The summed E-state index contributed by atoms with van der Waals surface area (Å²) in [5, 5.41) is 9.42. The molecule has 0 radical (unpaired) electrons. The Hall–Kier alpha value is -0.570. The lowest BCUT2D eigenvalue weighted by Gasteiger charge is -2.44. The molecule has 4 aliphatic rings. The highest BCUT2D eigenvalue weighted by Gasteiger charge is 2.56. The molecule has 2 heterocycles. The molecule has 4 rings (SSSR count). The van der Waals surface area contributed by atoms with Crippen LogP contribution in [0.25, 0.3) is 0 Å². The van der Waals surface area contributed by atoms with Crippen LogP contribution < -0.4 is 0 Å². The summed E-state index contributed by atoms with van der Waals surface area (Å²) >= 11 is 0. The molecule has 0 spiro atoms. The van der Waals surface area contributed by atoms with Gasteiger partial charge in [-0.15, -0.1) is 0 Å². The van der Waals surface area contributed by atoms with Crippen LogP contribution in [0.3, 0.4) is 0 Å². The van der Waals surface area contributed by atoms with Crippen LogP contribution in [0.1, 0.15) is 58.3 Å². The van der Waals surface area contributed by atoms with Crippen molar-refractivity contribution in [3.05, 3.63) is 0 Å². The zero-order valence-corrected chi connectivity index (χ0v) is 12.6. The minimum Gasteiger partial charge on any atom is -0.396 e. The van der Waals surface area contributed by atoms with Gasteiger partial charge in [0.25, 0.3) is 0 Å². The van der Waals surface area contributed by atoms with E-state index in [0.717, 1.165) is 38.0 Å². The molecule has 0 aromatic rings. The molecule has 1 N–H and O–H groups in total. The summed E-state index contributed by atoms with van der Waals surface area (Å²) < 4.78 is 0. The van der Waals surface area contributed by atoms with Gasteiger partial charge in [0.1, 0.15) is 0 Å². The topological polar surface area (TPSA) is 40.5 Å². The van der Waals surface area contributed by atoms with Crippen molar-refractivity contribution in [1.29, 1.82) is 0 Å². The van der Waals surface area contributed by atoms with E-state index >= 15 is 0 Å². The Morgan fingerprint density at radius 1 is 1.15 bits per heavy atom. The van der Waals surface area contributed by atoms with E-state index in [0.29, 0.717) is 36.4 Å². The minimum atomic E-state index is -0.0597. The molecule has 4 fully saturated rings. The van der Waals surface area contributed by atoms with Crippen molar-refractivity contribution in [2.24, 2.45) is 23.2 Å². The van der Waals surface area contributed by atoms with Gasteiger partial charge < -0.3 is 10.0 Å². The van der Waals surface area contributed by atoms with Crippen molar-refractivity contribution in [2.75, 3.05) is 6.61 Å². The van der Waals surface area contributed by atoms with Gasteiger partial charge >= 0.3 is 0 Å². The Kier molecular flexibility index (Phi) is 2.93. The van der Waals surface area contributed by atoms with Crippen molar-refractivity contribution in [3.63, 3.8) is 0 Å². The van der Waals surface area contributed by atoms with Gasteiger partial charge in [-0.2, -0.15) is 0 Å². The number of carbonyl (C=O) groups is 1. The number of hydrogen-bond acceptors (Lipinski definition) is 2. The summed E-state index contributed by atoms with van der Waals surface area (Å²) in [5.41, 5.74) is -0.0597. The van der Waals surface area contributed by atoms with E-state index in [-0.39, 0.29) is 5.41 Å². The predicted octanol–water partition coefficient (Wildman–Crippen LogP) is 2.57. The summed E-state index contributed by atoms with van der Waals surface area (Å²) in [6, 6.07) is 0.851. The van der Waals surface area contributed by atoms with Gasteiger partial charge in [0.05, 0.1) is 0 Å². The molecule has 4 bridgehead atoms. The van der Waals surface area contributed by atoms with Crippen molar-refractivity contribution in [3.8, 4) is 0 Å². The Balaban J connectivity index is 1.55. The third-order valence-electron chi connectivity index (χ3n) is 6.97. The van der Waals surface area contributed by atoms with Crippen LogP contribution in [0, 0.1) is 23.2 Å². The first-order chi connectivity index (χ1) is 9.61. The fourth-order valence-electron chi connectivity index (χ4n) is 5.93. The normalized spacial score (nSPS) is 49.9. The fraction of sp³-hybridized carbons (Fsp3) is 0.941. The predicted molar refractivity (Wildman–Crippen MR) is 77.0 cm³/mol. The van der Waals surface area contributed by atoms with Crippen LogP contribution in [-0.4, -0.2) is 34.6 Å². The molecule has 2 saturated heterocycles. The molecule has 20 heavy (non-hydrogen) atoms. The van der Waals surface area contributed by atoms with Crippen LogP contribution in [0.5, 0.6) is 0 Å². The van der Waals surface area contributed by atoms with Gasteiger partial charge in [-0.1, -0.05) is 13.3 Å². The number of aliphatic hydroxyl groups excluding tert-OH is 1. The summed E-state index contributed by atoms with van der Waals surface area (Å²) in [6.45, 7) is 2.55. The highest BCUT2D eigenvalue weighted by atomic mass is 16.3. The molecular formula is C17H27NO2. The van der Waals surface area contributed by atoms with Gasteiger partial charge in [0.15, 0.2) is 0 Å². The molecule has 2 aliphatic heterocycles. The number of carbonyl (C=O) groups excluding carboxylic acids is 1. The van der Waals surface area contributed by atoms with Crippen LogP contribution in [0.4, 0.5) is 0 Å². The van der Waals surface area contributed by atoms with Crippen molar-refractivity contribution >= 4 is 5.91 Å². The molecule has 5 atom stereocenters. The van der Waals surface area contributed by atoms with Gasteiger partial charge in [0, 0.05) is 24.1 Å². The maximum absolute atomic E-state index is 13.2. The van der Waals surface area contributed by atoms with Crippen LogP contribution in [-0.2, 0) is 4.79 Å². The molecule has 1 amide bonds. The quantitative estimate of drug-likeness (QED) is 0.843. The number of piperidine rings is 1. The second kappa shape index (κ2) is 4.46. The van der Waals surface area contributed by atoms with Crippen molar-refractivity contribution < 1.29 is 9.90 Å². The van der Waals surface area contributed by atoms with Crippen molar-refractivity contribution in [2.45, 2.75) is 70.4 Å². The molecule has 0 aromatic carbocycles. The minimum absolute atomic E-state index is 0.0597. The molecule has 2 saturated carbocycles. The standard InChI is InChI=1S/C17H27NO2/c1-17(9-11-2-3-13(17)6-11)16(20)18-14-4-5-15(18)8-12(7-14)10-19/h11-15,19H,2-10H2,1H3. The summed E-state index contributed by atoms with van der Waals surface area (Å²) in [7, 11) is 0. The Morgan fingerprint density at radius 3 is 2.35 bits per heavy atom. The van der Waals surface area contributed by atoms with E-state index in [9.17, 15) is 9.90 Å². The highest BCUT2D eigenvalue weighted by molar-refractivity contribution is 5.84. The number of amides is 1. The number of hydrogen-bond donors (Lipinski definition) is 1. The molecule has 112 valence electrons. The second-order valence-electron chi connectivity index (χ2n) is 8.12. The van der Waals surface area contributed by atoms with Gasteiger partial charge in [-0.05, 0) is 62.7 Å². The van der Waals surface area contributed by atoms with Gasteiger partial charge in [0.2, 0.25) is 5.91 Å². The monoisotopic (exact) mass is 277 g/mol. The molecule has 5 unspecified atom stereocenters. The lowest BCUT2D eigenvalue weighted by Crippen LogP contribution is -2.53. The number of aliphatic hydroxyl groups is 1. The molecule has 3 heteroatoms. The lowest BCUT2D eigenvalue weighted by atomic mass is 9.73. The Bertz CT molecular complexity index is 409. The van der Waals surface area contributed by atoms with Crippen LogP contribution in [0.2, 0.25) is 0 Å². The van der Waals surface area contributed by atoms with Crippen LogP contribution in [0.15, 0.2) is 0 Å². The van der Waals surface area contributed by atoms with Gasteiger partial charge in [-0.25, -0.2) is 0 Å².